The van der Waals surface area contributed by atoms with Gasteiger partial charge < -0.3 is 9.67 Å². The molecular formula is C15H10BrFN2O2. The number of aryl methyl sites for hydroxylation is 1. The maximum atomic E-state index is 14.1. The number of halogens is 2. The molecule has 0 radical (unpaired) electrons. The molecule has 1 aromatic heterocycles. The molecule has 0 bridgehead atoms. The number of hydrogen-bond acceptors (Lipinski definition) is 2. The second-order valence-corrected chi connectivity index (χ2v) is 5.45. The highest BCUT2D eigenvalue weighted by Crippen LogP contribution is 2.32. The van der Waals surface area contributed by atoms with Crippen molar-refractivity contribution < 1.29 is 14.3 Å². The zero-order valence-electron chi connectivity index (χ0n) is 11.0. The Hall–Kier alpha value is -2.21. The Morgan fingerprint density at radius 3 is 2.76 bits per heavy atom. The maximum Gasteiger partial charge on any atom is 0.335 e. The Morgan fingerprint density at radius 2 is 2.10 bits per heavy atom. The Kier molecular flexibility index (Phi) is 3.25. The topological polar surface area (TPSA) is 55.1 Å². The minimum atomic E-state index is -1.02. The van der Waals surface area contributed by atoms with E-state index in [0.29, 0.717) is 21.4 Å². The second-order valence-electron chi connectivity index (χ2n) is 4.60. The quantitative estimate of drug-likeness (QED) is 0.765. The van der Waals surface area contributed by atoms with Gasteiger partial charge in [-0.25, -0.2) is 14.2 Å². The number of carbonyl (C=O) groups is 1. The first-order chi connectivity index (χ1) is 9.99. The first kappa shape index (κ1) is 13.8. The molecule has 6 heteroatoms. The smallest absolute Gasteiger partial charge is 0.335 e. The molecule has 3 rings (SSSR count). The number of rotatable bonds is 2. The fourth-order valence-corrected chi connectivity index (χ4v) is 2.79. The van der Waals surface area contributed by atoms with E-state index >= 15 is 0 Å². The molecule has 0 aliphatic heterocycles. The number of aromatic carboxylic acids is 1. The fraction of sp³-hybridized carbons (Fsp3) is 0.0667. The number of aromatic nitrogens is 2. The van der Waals surface area contributed by atoms with Gasteiger partial charge in [-0.05, 0) is 46.3 Å². The van der Waals surface area contributed by atoms with Crippen molar-refractivity contribution in [2.75, 3.05) is 0 Å². The summed E-state index contributed by atoms with van der Waals surface area (Å²) in [5.41, 5.74) is 1.76. The number of fused-ring (bicyclic) bond motifs is 1. The first-order valence-corrected chi connectivity index (χ1v) is 6.92. The molecule has 2 aromatic carbocycles. The van der Waals surface area contributed by atoms with Gasteiger partial charge in [-0.1, -0.05) is 6.07 Å². The largest absolute Gasteiger partial charge is 0.478 e. The summed E-state index contributed by atoms with van der Waals surface area (Å²) < 4.78 is 16.4. The highest BCUT2D eigenvalue weighted by Gasteiger charge is 2.17. The molecule has 0 saturated carbocycles. The Balaban J connectivity index is 2.29. The lowest BCUT2D eigenvalue weighted by Gasteiger charge is -2.06. The van der Waals surface area contributed by atoms with Crippen molar-refractivity contribution in [3.8, 4) is 11.4 Å². The van der Waals surface area contributed by atoms with Gasteiger partial charge in [-0.2, -0.15) is 0 Å². The third-order valence-electron chi connectivity index (χ3n) is 3.31. The van der Waals surface area contributed by atoms with Gasteiger partial charge in [0.2, 0.25) is 0 Å². The van der Waals surface area contributed by atoms with Crippen LogP contribution < -0.4 is 0 Å². The van der Waals surface area contributed by atoms with Gasteiger partial charge in [0.05, 0.1) is 22.2 Å². The van der Waals surface area contributed by atoms with Gasteiger partial charge in [-0.15, -0.1) is 0 Å². The van der Waals surface area contributed by atoms with E-state index in [1.54, 1.807) is 29.8 Å². The molecule has 0 unspecified atom stereocenters. The molecule has 3 aromatic rings. The molecule has 4 nitrogen and oxygen atoms in total. The summed E-state index contributed by atoms with van der Waals surface area (Å²) in [4.78, 5) is 15.4. The van der Waals surface area contributed by atoms with Gasteiger partial charge in [0.15, 0.2) is 0 Å². The molecule has 106 valence electrons. The zero-order chi connectivity index (χ0) is 15.1. The molecule has 0 aliphatic carbocycles. The van der Waals surface area contributed by atoms with Crippen molar-refractivity contribution in [2.24, 2.45) is 7.05 Å². The first-order valence-electron chi connectivity index (χ1n) is 6.13. The summed E-state index contributed by atoms with van der Waals surface area (Å²) in [5, 5.41) is 9.02. The summed E-state index contributed by atoms with van der Waals surface area (Å²) in [6.45, 7) is 0. The van der Waals surface area contributed by atoms with Gasteiger partial charge in [0.25, 0.3) is 0 Å². The molecule has 0 fully saturated rings. The van der Waals surface area contributed by atoms with E-state index in [1.165, 1.54) is 18.2 Å². The van der Waals surface area contributed by atoms with Crippen LogP contribution in [0.1, 0.15) is 10.4 Å². The zero-order valence-corrected chi connectivity index (χ0v) is 12.6. The summed E-state index contributed by atoms with van der Waals surface area (Å²) in [6, 6.07) is 9.36. The number of carboxylic acid groups (broad SMARTS) is 1. The molecule has 0 spiro atoms. The van der Waals surface area contributed by atoms with Gasteiger partial charge in [-0.3, -0.25) is 0 Å². The average molecular weight is 349 g/mol. The number of carboxylic acids is 1. The van der Waals surface area contributed by atoms with Crippen LogP contribution in [0.4, 0.5) is 4.39 Å². The number of nitrogens with zero attached hydrogens (tertiary/aromatic N) is 2. The third kappa shape index (κ3) is 2.21. The van der Waals surface area contributed by atoms with E-state index in [0.717, 1.165) is 5.52 Å². The monoisotopic (exact) mass is 348 g/mol. The standard InChI is InChI=1S/C15H10BrFN2O2/c1-19-12-6-5-8(15(20)21)7-11(12)18-14(19)13-9(16)3-2-4-10(13)17/h2-7H,1H3,(H,20,21). The summed E-state index contributed by atoms with van der Waals surface area (Å²) in [7, 11) is 1.77. The van der Waals surface area contributed by atoms with Gasteiger partial charge in [0.1, 0.15) is 11.6 Å². The Morgan fingerprint density at radius 1 is 1.33 bits per heavy atom. The molecule has 1 heterocycles. The number of benzene rings is 2. The van der Waals surface area contributed by atoms with Crippen molar-refractivity contribution >= 4 is 32.9 Å². The summed E-state index contributed by atoms with van der Waals surface area (Å²) >= 11 is 3.33. The maximum absolute atomic E-state index is 14.1. The molecule has 0 saturated heterocycles. The second kappa shape index (κ2) is 4.96. The molecule has 21 heavy (non-hydrogen) atoms. The van der Waals surface area contributed by atoms with Crippen molar-refractivity contribution in [1.29, 1.82) is 0 Å². The number of hydrogen-bond donors (Lipinski definition) is 1. The van der Waals surface area contributed by atoms with Gasteiger partial charge >= 0.3 is 5.97 Å². The van der Waals surface area contributed by atoms with Crippen LogP contribution in [-0.2, 0) is 7.05 Å². The Labute approximate surface area is 128 Å². The predicted molar refractivity (Wildman–Crippen MR) is 80.8 cm³/mol. The normalized spacial score (nSPS) is 11.0. The van der Waals surface area contributed by atoms with Crippen molar-refractivity contribution in [3.05, 3.63) is 52.3 Å². The van der Waals surface area contributed by atoms with Crippen molar-refractivity contribution in [3.63, 3.8) is 0 Å². The fourth-order valence-electron chi connectivity index (χ4n) is 2.27. The minimum absolute atomic E-state index is 0.153. The highest BCUT2D eigenvalue weighted by atomic mass is 79.9. The van der Waals surface area contributed by atoms with E-state index in [9.17, 15) is 9.18 Å². The van der Waals surface area contributed by atoms with Crippen LogP contribution in [0.25, 0.3) is 22.4 Å². The third-order valence-corrected chi connectivity index (χ3v) is 3.97. The van der Waals surface area contributed by atoms with Crippen LogP contribution in [0, 0.1) is 5.82 Å². The molecule has 0 atom stereocenters. The van der Waals surface area contributed by atoms with Crippen LogP contribution in [0.15, 0.2) is 40.9 Å². The summed E-state index contributed by atoms with van der Waals surface area (Å²) in [5.74, 6) is -0.963. The minimum Gasteiger partial charge on any atom is -0.478 e. The molecule has 1 N–H and O–H groups in total. The lowest BCUT2D eigenvalue weighted by molar-refractivity contribution is 0.0697. The SMILES string of the molecule is Cn1c(-c2c(F)cccc2Br)nc2cc(C(=O)O)ccc21. The van der Waals surface area contributed by atoms with E-state index < -0.39 is 5.97 Å². The van der Waals surface area contributed by atoms with Crippen LogP contribution in [0.2, 0.25) is 0 Å². The molecule has 0 amide bonds. The van der Waals surface area contributed by atoms with Crippen molar-refractivity contribution in [2.45, 2.75) is 0 Å². The van der Waals surface area contributed by atoms with Gasteiger partial charge in [0, 0.05) is 11.5 Å². The van der Waals surface area contributed by atoms with Crippen LogP contribution >= 0.6 is 15.9 Å². The average Bonchev–Trinajstić information content (AvgIpc) is 2.75. The molecular weight excluding hydrogens is 339 g/mol. The Bertz CT molecular complexity index is 853. The van der Waals surface area contributed by atoms with E-state index in [1.807, 2.05) is 0 Å². The lowest BCUT2D eigenvalue weighted by Crippen LogP contribution is -1.96. The van der Waals surface area contributed by atoms with Crippen molar-refractivity contribution in [1.82, 2.24) is 9.55 Å². The van der Waals surface area contributed by atoms with E-state index in [2.05, 4.69) is 20.9 Å². The van der Waals surface area contributed by atoms with Crippen LogP contribution in [0.5, 0.6) is 0 Å². The van der Waals surface area contributed by atoms with Crippen LogP contribution in [0.3, 0.4) is 0 Å². The van der Waals surface area contributed by atoms with Crippen LogP contribution in [-0.4, -0.2) is 20.6 Å². The predicted octanol–water partition coefficient (Wildman–Crippen LogP) is 3.84. The van der Waals surface area contributed by atoms with E-state index in [4.69, 9.17) is 5.11 Å². The highest BCUT2D eigenvalue weighted by molar-refractivity contribution is 9.10. The number of imidazole rings is 1. The van der Waals surface area contributed by atoms with E-state index in [-0.39, 0.29) is 11.4 Å². The molecule has 0 aliphatic rings. The summed E-state index contributed by atoms with van der Waals surface area (Å²) in [6.07, 6.45) is 0. The lowest BCUT2D eigenvalue weighted by atomic mass is 10.2.